The highest BCUT2D eigenvalue weighted by molar-refractivity contribution is 5.82. The lowest BCUT2D eigenvalue weighted by molar-refractivity contribution is 0.402. The zero-order chi connectivity index (χ0) is 14.3. The Morgan fingerprint density at radius 1 is 1.25 bits per heavy atom. The van der Waals surface area contributed by atoms with Crippen LogP contribution in [0.3, 0.4) is 0 Å². The fourth-order valence-electron chi connectivity index (χ4n) is 2.17. The number of nitrogens with zero attached hydrogens (tertiary/aromatic N) is 2. The lowest BCUT2D eigenvalue weighted by atomic mass is 10.1. The third-order valence-electron chi connectivity index (χ3n) is 2.98. The molecule has 0 spiro atoms. The Kier molecular flexibility index (Phi) is 2.87. The van der Waals surface area contributed by atoms with Gasteiger partial charge in [0.2, 0.25) is 5.89 Å². The van der Waals surface area contributed by atoms with E-state index in [2.05, 4.69) is 14.9 Å². The molecule has 3 rings (SSSR count). The van der Waals surface area contributed by atoms with Gasteiger partial charge in [0.15, 0.2) is 0 Å². The molecule has 0 saturated carbocycles. The van der Waals surface area contributed by atoms with E-state index < -0.39 is 11.2 Å². The largest absolute Gasteiger partial charge is 0.437 e. The summed E-state index contributed by atoms with van der Waals surface area (Å²) >= 11 is 0. The molecule has 0 unspecified atom stereocenters. The number of hydrogen-bond acceptors (Lipinski definition) is 5. The van der Waals surface area contributed by atoms with E-state index in [1.165, 1.54) is 0 Å². The van der Waals surface area contributed by atoms with Crippen LogP contribution in [0.2, 0.25) is 0 Å². The monoisotopic (exact) mass is 271 g/mol. The van der Waals surface area contributed by atoms with E-state index in [0.29, 0.717) is 5.58 Å². The minimum atomic E-state index is -0.699. The summed E-state index contributed by atoms with van der Waals surface area (Å²) in [6.45, 7) is 0.794. The quantitative estimate of drug-likeness (QED) is 0.704. The SMILES string of the molecule is CN(C)Cc1ccc2oc3nc(=O)[nH]c(=O)c-3cc2c1. The van der Waals surface area contributed by atoms with Crippen LogP contribution in [0.1, 0.15) is 5.56 Å². The summed E-state index contributed by atoms with van der Waals surface area (Å²) in [5, 5.41) is 0.808. The maximum Gasteiger partial charge on any atom is 0.351 e. The van der Waals surface area contributed by atoms with Crippen LogP contribution in [-0.2, 0) is 6.54 Å². The van der Waals surface area contributed by atoms with Crippen molar-refractivity contribution < 1.29 is 4.42 Å². The van der Waals surface area contributed by atoms with Crippen LogP contribution in [0.5, 0.6) is 0 Å². The predicted octanol–water partition coefficient (Wildman–Crippen LogP) is 1.04. The van der Waals surface area contributed by atoms with Gasteiger partial charge < -0.3 is 9.32 Å². The van der Waals surface area contributed by atoms with E-state index in [9.17, 15) is 9.59 Å². The highest BCUT2D eigenvalue weighted by atomic mass is 16.3. The van der Waals surface area contributed by atoms with Gasteiger partial charge in [0.05, 0.1) is 0 Å². The van der Waals surface area contributed by atoms with Gasteiger partial charge in [-0.2, -0.15) is 4.98 Å². The molecule has 1 aromatic carbocycles. The Labute approximate surface area is 114 Å². The van der Waals surface area contributed by atoms with Crippen molar-refractivity contribution in [2.24, 2.45) is 0 Å². The summed E-state index contributed by atoms with van der Waals surface area (Å²) < 4.78 is 5.52. The molecule has 2 aliphatic heterocycles. The van der Waals surface area contributed by atoms with E-state index in [4.69, 9.17) is 4.42 Å². The fraction of sp³-hybridized carbons (Fsp3) is 0.214. The van der Waals surface area contributed by atoms with Crippen molar-refractivity contribution in [3.8, 4) is 11.5 Å². The zero-order valence-corrected chi connectivity index (χ0v) is 11.1. The fourth-order valence-corrected chi connectivity index (χ4v) is 2.17. The van der Waals surface area contributed by atoms with Gasteiger partial charge in [-0.3, -0.25) is 9.78 Å². The second-order valence-corrected chi connectivity index (χ2v) is 4.95. The third-order valence-corrected chi connectivity index (χ3v) is 2.98. The Morgan fingerprint density at radius 3 is 2.80 bits per heavy atom. The van der Waals surface area contributed by atoms with Crippen LogP contribution in [-0.4, -0.2) is 29.0 Å². The lowest BCUT2D eigenvalue weighted by Crippen LogP contribution is -2.24. The number of rotatable bonds is 2. The van der Waals surface area contributed by atoms with E-state index in [0.717, 1.165) is 17.5 Å². The molecule has 1 N–H and O–H groups in total. The smallest absolute Gasteiger partial charge is 0.351 e. The Hall–Kier alpha value is -2.47. The van der Waals surface area contributed by atoms with Gasteiger partial charge in [-0.05, 0) is 37.9 Å². The van der Waals surface area contributed by atoms with Crippen molar-refractivity contribution in [3.05, 3.63) is 50.7 Å². The van der Waals surface area contributed by atoms with Crippen molar-refractivity contribution >= 4 is 11.0 Å². The van der Waals surface area contributed by atoms with Crippen LogP contribution in [0.15, 0.2) is 38.3 Å². The number of aromatic amines is 1. The minimum Gasteiger partial charge on any atom is -0.437 e. The second kappa shape index (κ2) is 4.57. The molecule has 20 heavy (non-hydrogen) atoms. The summed E-state index contributed by atoms with van der Waals surface area (Å²) in [4.78, 5) is 30.8. The molecule has 1 aromatic rings. The Morgan fingerprint density at radius 2 is 2.05 bits per heavy atom. The molecule has 2 aliphatic rings. The molecular weight excluding hydrogens is 258 g/mol. The van der Waals surface area contributed by atoms with Crippen molar-refractivity contribution in [2.75, 3.05) is 14.1 Å². The van der Waals surface area contributed by atoms with E-state index in [-0.39, 0.29) is 11.5 Å². The molecule has 102 valence electrons. The molecule has 6 heteroatoms. The molecule has 0 aliphatic carbocycles. The average molecular weight is 271 g/mol. The van der Waals surface area contributed by atoms with Gasteiger partial charge >= 0.3 is 5.69 Å². The number of benzene rings is 1. The van der Waals surface area contributed by atoms with Crippen LogP contribution < -0.4 is 11.2 Å². The molecular formula is C14H13N3O3. The molecule has 0 aromatic heterocycles. The van der Waals surface area contributed by atoms with Crippen molar-refractivity contribution in [1.29, 1.82) is 0 Å². The minimum absolute atomic E-state index is 0.0617. The summed E-state index contributed by atoms with van der Waals surface area (Å²) in [5.74, 6) is 0.0617. The van der Waals surface area contributed by atoms with Crippen LogP contribution in [0.25, 0.3) is 22.4 Å². The van der Waals surface area contributed by atoms with Gasteiger partial charge in [0.25, 0.3) is 5.56 Å². The molecule has 0 saturated heterocycles. The lowest BCUT2D eigenvalue weighted by Gasteiger charge is -2.10. The first-order chi connectivity index (χ1) is 9.52. The van der Waals surface area contributed by atoms with Crippen molar-refractivity contribution in [1.82, 2.24) is 14.9 Å². The number of H-pyrrole nitrogens is 1. The van der Waals surface area contributed by atoms with Crippen LogP contribution in [0, 0.1) is 0 Å². The van der Waals surface area contributed by atoms with Crippen LogP contribution >= 0.6 is 0 Å². The first-order valence-corrected chi connectivity index (χ1v) is 6.14. The van der Waals surface area contributed by atoms with E-state index in [1.807, 2.05) is 32.3 Å². The number of hydrogen-bond donors (Lipinski definition) is 1. The second-order valence-electron chi connectivity index (χ2n) is 4.95. The predicted molar refractivity (Wildman–Crippen MR) is 74.9 cm³/mol. The van der Waals surface area contributed by atoms with Gasteiger partial charge in [0.1, 0.15) is 11.1 Å². The van der Waals surface area contributed by atoms with E-state index >= 15 is 0 Å². The first kappa shape index (κ1) is 12.6. The number of nitrogens with one attached hydrogen (secondary N) is 1. The van der Waals surface area contributed by atoms with Gasteiger partial charge in [-0.1, -0.05) is 6.07 Å². The normalized spacial score (nSPS) is 11.6. The van der Waals surface area contributed by atoms with E-state index in [1.54, 1.807) is 6.07 Å². The summed E-state index contributed by atoms with van der Waals surface area (Å²) in [5.41, 5.74) is 0.803. The third kappa shape index (κ3) is 2.21. The van der Waals surface area contributed by atoms with Gasteiger partial charge in [0, 0.05) is 11.9 Å². The Balaban J connectivity index is 2.26. The standard InChI is InChI=1S/C14H13N3O3/c1-17(2)7-8-3-4-11-9(5-8)6-10-12(18)15-14(19)16-13(10)20-11/h3-6H,7H2,1-2H3,(H,15,18,19). The highest BCUT2D eigenvalue weighted by Crippen LogP contribution is 2.24. The van der Waals surface area contributed by atoms with Crippen LogP contribution in [0.4, 0.5) is 0 Å². The Bertz CT molecular complexity index is 864. The summed E-state index contributed by atoms with van der Waals surface area (Å²) in [6.07, 6.45) is 0. The maximum absolute atomic E-state index is 11.7. The molecule has 0 atom stereocenters. The zero-order valence-electron chi connectivity index (χ0n) is 11.1. The molecule has 0 bridgehead atoms. The highest BCUT2D eigenvalue weighted by Gasteiger charge is 2.13. The molecule has 6 nitrogen and oxygen atoms in total. The molecule has 2 heterocycles. The van der Waals surface area contributed by atoms with Crippen molar-refractivity contribution in [2.45, 2.75) is 6.54 Å². The number of fused-ring (bicyclic) bond motifs is 2. The summed E-state index contributed by atoms with van der Waals surface area (Å²) in [6, 6.07) is 7.42. The molecule has 0 amide bonds. The van der Waals surface area contributed by atoms with Crippen molar-refractivity contribution in [3.63, 3.8) is 0 Å². The topological polar surface area (TPSA) is 79.2 Å². The van der Waals surface area contributed by atoms with Gasteiger partial charge in [-0.15, -0.1) is 0 Å². The average Bonchev–Trinajstić information content (AvgIpc) is 2.36. The first-order valence-electron chi connectivity index (χ1n) is 6.14. The number of aromatic nitrogens is 2. The maximum atomic E-state index is 11.7. The summed E-state index contributed by atoms with van der Waals surface area (Å²) in [7, 11) is 3.97. The molecule has 0 fully saturated rings. The molecule has 0 radical (unpaired) electrons. The van der Waals surface area contributed by atoms with Gasteiger partial charge in [-0.25, -0.2) is 4.79 Å².